The molecule has 0 atom stereocenters. The van der Waals surface area contributed by atoms with Gasteiger partial charge in [0, 0.05) is 37.4 Å². The summed E-state index contributed by atoms with van der Waals surface area (Å²) < 4.78 is 7.20. The normalized spacial score (nSPS) is 14.3. The largest absolute Gasteiger partial charge is 0.484 e. The van der Waals surface area contributed by atoms with E-state index in [9.17, 15) is 9.59 Å². The highest BCUT2D eigenvalue weighted by Gasteiger charge is 2.26. The standard InChI is InChI=1S/C20H19ClN4O3/c21-15-4-6-16(7-5-15)28-14-19(26)23-9-11-24(12-10-23)20(27)17-13-22-25-8-2-1-3-18(17)25/h1-8,13H,9-12,14H2. The monoisotopic (exact) mass is 398 g/mol. The van der Waals surface area contributed by atoms with Gasteiger partial charge in [-0.05, 0) is 36.4 Å². The number of carbonyl (C=O) groups excluding carboxylic acids is 2. The van der Waals surface area contributed by atoms with E-state index < -0.39 is 0 Å². The van der Waals surface area contributed by atoms with Gasteiger partial charge in [-0.2, -0.15) is 5.10 Å². The summed E-state index contributed by atoms with van der Waals surface area (Å²) in [5.74, 6) is 0.434. The average molecular weight is 399 g/mol. The summed E-state index contributed by atoms with van der Waals surface area (Å²) in [4.78, 5) is 28.7. The summed E-state index contributed by atoms with van der Waals surface area (Å²) in [6, 6.07) is 12.5. The first kappa shape index (κ1) is 18.3. The van der Waals surface area contributed by atoms with E-state index in [4.69, 9.17) is 16.3 Å². The number of rotatable bonds is 4. The van der Waals surface area contributed by atoms with Gasteiger partial charge >= 0.3 is 0 Å². The zero-order chi connectivity index (χ0) is 19.5. The van der Waals surface area contributed by atoms with E-state index in [-0.39, 0.29) is 18.4 Å². The number of halogens is 1. The molecule has 1 aliphatic heterocycles. The molecule has 0 aliphatic carbocycles. The predicted octanol–water partition coefficient (Wildman–Crippen LogP) is 2.35. The Morgan fingerprint density at radius 1 is 1.00 bits per heavy atom. The van der Waals surface area contributed by atoms with Crippen molar-refractivity contribution in [2.45, 2.75) is 0 Å². The molecule has 3 heterocycles. The average Bonchev–Trinajstić information content (AvgIpc) is 3.17. The summed E-state index contributed by atoms with van der Waals surface area (Å²) in [6.07, 6.45) is 3.40. The molecule has 0 saturated carbocycles. The molecule has 0 unspecified atom stereocenters. The van der Waals surface area contributed by atoms with Gasteiger partial charge in [0.1, 0.15) is 5.75 Å². The maximum Gasteiger partial charge on any atom is 0.260 e. The minimum atomic E-state index is -0.0990. The first-order valence-electron chi connectivity index (χ1n) is 8.99. The first-order chi connectivity index (χ1) is 13.6. The number of carbonyl (C=O) groups is 2. The number of nitrogens with zero attached hydrogens (tertiary/aromatic N) is 4. The molecule has 2 amide bonds. The number of ether oxygens (including phenoxy) is 1. The van der Waals surface area contributed by atoms with Crippen LogP contribution in [0.1, 0.15) is 10.4 Å². The Morgan fingerprint density at radius 2 is 1.71 bits per heavy atom. The maximum absolute atomic E-state index is 12.8. The fourth-order valence-electron chi connectivity index (χ4n) is 3.20. The summed E-state index contributed by atoms with van der Waals surface area (Å²) in [6.45, 7) is 1.89. The van der Waals surface area contributed by atoms with Crippen LogP contribution in [0.25, 0.3) is 5.52 Å². The molecule has 2 aromatic heterocycles. The van der Waals surface area contributed by atoms with Crippen molar-refractivity contribution in [2.24, 2.45) is 0 Å². The van der Waals surface area contributed by atoms with E-state index >= 15 is 0 Å². The number of aromatic nitrogens is 2. The van der Waals surface area contributed by atoms with Crippen LogP contribution in [-0.4, -0.2) is 64.0 Å². The van der Waals surface area contributed by atoms with Crippen molar-refractivity contribution >= 4 is 28.9 Å². The lowest BCUT2D eigenvalue weighted by Gasteiger charge is -2.34. The van der Waals surface area contributed by atoms with Gasteiger partial charge in [0.05, 0.1) is 17.3 Å². The molecule has 1 aromatic carbocycles. The number of hydrogen-bond donors (Lipinski definition) is 0. The summed E-state index contributed by atoms with van der Waals surface area (Å²) >= 11 is 5.84. The van der Waals surface area contributed by atoms with Crippen molar-refractivity contribution in [2.75, 3.05) is 32.8 Å². The van der Waals surface area contributed by atoms with Gasteiger partial charge in [-0.25, -0.2) is 4.52 Å². The SMILES string of the molecule is O=C(COc1ccc(Cl)cc1)N1CCN(C(=O)c2cnn3ccccc23)CC1. The molecular weight excluding hydrogens is 380 g/mol. The first-order valence-corrected chi connectivity index (χ1v) is 9.37. The predicted molar refractivity (Wildman–Crippen MR) is 105 cm³/mol. The zero-order valence-corrected chi connectivity index (χ0v) is 15.9. The second-order valence-corrected chi connectivity index (χ2v) is 6.94. The van der Waals surface area contributed by atoms with E-state index in [0.717, 1.165) is 5.52 Å². The van der Waals surface area contributed by atoms with E-state index in [0.29, 0.717) is 42.5 Å². The van der Waals surface area contributed by atoms with E-state index in [1.165, 1.54) is 0 Å². The number of benzene rings is 1. The molecule has 1 saturated heterocycles. The maximum atomic E-state index is 12.8. The van der Waals surface area contributed by atoms with E-state index in [1.54, 1.807) is 44.8 Å². The Bertz CT molecular complexity index is 994. The quantitative estimate of drug-likeness (QED) is 0.676. The zero-order valence-electron chi connectivity index (χ0n) is 15.1. The fraction of sp³-hybridized carbons (Fsp3) is 0.250. The molecule has 0 bridgehead atoms. The topological polar surface area (TPSA) is 67.2 Å². The lowest BCUT2D eigenvalue weighted by atomic mass is 10.2. The van der Waals surface area contributed by atoms with Crippen molar-refractivity contribution in [1.82, 2.24) is 19.4 Å². The summed E-state index contributed by atoms with van der Waals surface area (Å²) in [5.41, 5.74) is 1.36. The molecule has 28 heavy (non-hydrogen) atoms. The number of fused-ring (bicyclic) bond motifs is 1. The third-order valence-electron chi connectivity index (χ3n) is 4.75. The molecule has 0 N–H and O–H groups in total. The van der Waals surface area contributed by atoms with Crippen LogP contribution >= 0.6 is 11.6 Å². The Morgan fingerprint density at radius 3 is 2.46 bits per heavy atom. The number of hydrogen-bond acceptors (Lipinski definition) is 4. The van der Waals surface area contributed by atoms with Gasteiger partial charge in [-0.3, -0.25) is 9.59 Å². The Balaban J connectivity index is 1.32. The van der Waals surface area contributed by atoms with E-state index in [1.807, 2.05) is 24.4 Å². The van der Waals surface area contributed by atoms with Crippen molar-refractivity contribution < 1.29 is 14.3 Å². The highest BCUT2D eigenvalue weighted by atomic mass is 35.5. The minimum absolute atomic E-state index is 0.0381. The van der Waals surface area contributed by atoms with Crippen LogP contribution in [0.5, 0.6) is 5.75 Å². The van der Waals surface area contributed by atoms with Crippen molar-refractivity contribution in [3.63, 3.8) is 0 Å². The minimum Gasteiger partial charge on any atom is -0.484 e. The Kier molecular flexibility index (Phi) is 5.16. The Hall–Kier alpha value is -3.06. The molecule has 0 radical (unpaired) electrons. The molecule has 3 aromatic rings. The summed E-state index contributed by atoms with van der Waals surface area (Å²) in [7, 11) is 0. The molecule has 144 valence electrons. The number of pyridine rings is 1. The lowest BCUT2D eigenvalue weighted by molar-refractivity contribution is -0.134. The second kappa shape index (κ2) is 7.90. The van der Waals surface area contributed by atoms with Crippen LogP contribution in [-0.2, 0) is 4.79 Å². The molecule has 1 aliphatic rings. The van der Waals surface area contributed by atoms with Gasteiger partial charge in [0.2, 0.25) is 0 Å². The fourth-order valence-corrected chi connectivity index (χ4v) is 3.32. The van der Waals surface area contributed by atoms with Gasteiger partial charge in [0.15, 0.2) is 6.61 Å². The van der Waals surface area contributed by atoms with Gasteiger partial charge < -0.3 is 14.5 Å². The Labute approximate surface area is 167 Å². The van der Waals surface area contributed by atoms with Crippen molar-refractivity contribution in [3.8, 4) is 5.75 Å². The highest BCUT2D eigenvalue weighted by Crippen LogP contribution is 2.17. The van der Waals surface area contributed by atoms with Crippen LogP contribution < -0.4 is 4.74 Å². The molecule has 7 nitrogen and oxygen atoms in total. The van der Waals surface area contributed by atoms with Crippen molar-refractivity contribution in [3.05, 3.63) is 65.4 Å². The lowest BCUT2D eigenvalue weighted by Crippen LogP contribution is -2.51. The molecular formula is C20H19ClN4O3. The van der Waals surface area contributed by atoms with Crippen LogP contribution in [0.2, 0.25) is 5.02 Å². The third kappa shape index (κ3) is 3.80. The van der Waals surface area contributed by atoms with Crippen molar-refractivity contribution in [1.29, 1.82) is 0 Å². The second-order valence-electron chi connectivity index (χ2n) is 6.50. The van der Waals surface area contributed by atoms with Crippen LogP contribution in [0.3, 0.4) is 0 Å². The third-order valence-corrected chi connectivity index (χ3v) is 5.00. The van der Waals surface area contributed by atoms with Gasteiger partial charge in [-0.15, -0.1) is 0 Å². The number of amides is 2. The van der Waals surface area contributed by atoms with Gasteiger partial charge in [0.25, 0.3) is 11.8 Å². The molecule has 4 rings (SSSR count). The number of piperazine rings is 1. The van der Waals surface area contributed by atoms with Crippen LogP contribution in [0, 0.1) is 0 Å². The molecule has 1 fully saturated rings. The van der Waals surface area contributed by atoms with Crippen LogP contribution in [0.15, 0.2) is 54.9 Å². The van der Waals surface area contributed by atoms with E-state index in [2.05, 4.69) is 5.10 Å². The smallest absolute Gasteiger partial charge is 0.260 e. The highest BCUT2D eigenvalue weighted by molar-refractivity contribution is 6.30. The molecule has 0 spiro atoms. The van der Waals surface area contributed by atoms with Crippen LogP contribution in [0.4, 0.5) is 0 Å². The summed E-state index contributed by atoms with van der Waals surface area (Å²) in [5, 5.41) is 4.83. The molecule has 8 heteroatoms. The van der Waals surface area contributed by atoms with Gasteiger partial charge in [-0.1, -0.05) is 17.7 Å².